The molecule has 0 aliphatic carbocycles. The fourth-order valence-corrected chi connectivity index (χ4v) is 2.38. The number of nitrogens with zero attached hydrogens (tertiary/aromatic N) is 1. The van der Waals surface area contributed by atoms with Crippen molar-refractivity contribution in [2.45, 2.75) is 25.5 Å². The van der Waals surface area contributed by atoms with Crippen LogP contribution in [0.15, 0.2) is 33.9 Å². The zero-order chi connectivity index (χ0) is 14.5. The van der Waals surface area contributed by atoms with Crippen molar-refractivity contribution in [1.29, 1.82) is 0 Å². The maximum Gasteiger partial charge on any atom is 0.264 e. The number of halogens is 1. The van der Waals surface area contributed by atoms with Gasteiger partial charge >= 0.3 is 0 Å². The second-order valence-electron chi connectivity index (χ2n) is 4.71. The molecule has 6 heteroatoms. The van der Waals surface area contributed by atoms with E-state index in [0.717, 1.165) is 15.7 Å². The van der Waals surface area contributed by atoms with E-state index >= 15 is 0 Å². The number of oxime groups is 1. The van der Waals surface area contributed by atoms with Gasteiger partial charge in [0.05, 0.1) is 12.3 Å². The molecule has 1 aliphatic heterocycles. The molecule has 0 aromatic heterocycles. The van der Waals surface area contributed by atoms with E-state index in [0.29, 0.717) is 13.0 Å². The van der Waals surface area contributed by atoms with Gasteiger partial charge in [0.1, 0.15) is 0 Å². The van der Waals surface area contributed by atoms with Gasteiger partial charge in [0.15, 0.2) is 0 Å². The Labute approximate surface area is 126 Å². The van der Waals surface area contributed by atoms with Crippen LogP contribution in [0.2, 0.25) is 0 Å². The number of nitrogens with one attached hydrogen (secondary N) is 1. The molecule has 0 unspecified atom stereocenters. The summed E-state index contributed by atoms with van der Waals surface area (Å²) in [7, 11) is 1.60. The van der Waals surface area contributed by atoms with Crippen LogP contribution in [0, 0.1) is 0 Å². The van der Waals surface area contributed by atoms with E-state index in [1.165, 1.54) is 0 Å². The van der Waals surface area contributed by atoms with Gasteiger partial charge in [-0.2, -0.15) is 0 Å². The Hall–Kier alpha value is -1.40. The van der Waals surface area contributed by atoms with Crippen molar-refractivity contribution in [2.75, 3.05) is 13.7 Å². The zero-order valence-corrected chi connectivity index (χ0v) is 13.0. The Kier molecular flexibility index (Phi) is 5.14. The maximum atomic E-state index is 12.0. The number of ether oxygens (including phenoxy) is 1. The second-order valence-corrected chi connectivity index (χ2v) is 5.63. The Morgan fingerprint density at radius 1 is 1.65 bits per heavy atom. The van der Waals surface area contributed by atoms with Crippen LogP contribution in [0.3, 0.4) is 0 Å². The quantitative estimate of drug-likeness (QED) is 0.892. The third kappa shape index (κ3) is 3.80. The first-order chi connectivity index (χ1) is 9.60. The molecule has 108 valence electrons. The maximum absolute atomic E-state index is 12.0. The average Bonchev–Trinajstić information content (AvgIpc) is 2.88. The molecule has 20 heavy (non-hydrogen) atoms. The lowest BCUT2D eigenvalue weighted by Crippen LogP contribution is -2.42. The first kappa shape index (κ1) is 15.0. The van der Waals surface area contributed by atoms with E-state index < -0.39 is 6.10 Å². The number of amides is 1. The van der Waals surface area contributed by atoms with Crippen molar-refractivity contribution in [3.05, 3.63) is 34.3 Å². The van der Waals surface area contributed by atoms with Crippen molar-refractivity contribution in [2.24, 2.45) is 5.16 Å². The monoisotopic (exact) mass is 340 g/mol. The van der Waals surface area contributed by atoms with E-state index in [1.54, 1.807) is 7.11 Å². The molecule has 0 bridgehead atoms. The Morgan fingerprint density at radius 2 is 2.45 bits per heavy atom. The molecule has 0 fully saturated rings. The van der Waals surface area contributed by atoms with Crippen molar-refractivity contribution in [3.63, 3.8) is 0 Å². The van der Waals surface area contributed by atoms with E-state index in [4.69, 9.17) is 9.57 Å². The molecule has 0 saturated carbocycles. The number of carbonyl (C=O) groups is 1. The highest BCUT2D eigenvalue weighted by molar-refractivity contribution is 9.10. The molecule has 1 heterocycles. The van der Waals surface area contributed by atoms with Gasteiger partial charge in [-0.05, 0) is 19.1 Å². The van der Waals surface area contributed by atoms with E-state index in [1.807, 2.05) is 31.2 Å². The van der Waals surface area contributed by atoms with E-state index in [-0.39, 0.29) is 11.9 Å². The summed E-state index contributed by atoms with van der Waals surface area (Å²) < 4.78 is 5.95. The first-order valence-corrected chi connectivity index (χ1v) is 7.17. The van der Waals surface area contributed by atoms with Gasteiger partial charge in [-0.25, -0.2) is 0 Å². The minimum atomic E-state index is -0.566. The predicted molar refractivity (Wildman–Crippen MR) is 79.6 cm³/mol. The third-order valence-electron chi connectivity index (χ3n) is 2.92. The summed E-state index contributed by atoms with van der Waals surface area (Å²) in [6.45, 7) is 2.35. The van der Waals surface area contributed by atoms with Crippen molar-refractivity contribution < 1.29 is 14.4 Å². The summed E-state index contributed by atoms with van der Waals surface area (Å²) in [4.78, 5) is 17.2. The molecule has 2 atom stereocenters. The van der Waals surface area contributed by atoms with Crippen LogP contribution in [0.4, 0.5) is 0 Å². The standard InChI is InChI=1S/C14H17BrN2O3/c1-9(8-19-2)16-14(18)13-7-12(17-20-13)10-4-3-5-11(15)6-10/h3-6,9,13H,7-8H2,1-2H3,(H,16,18)/t9-,13-/m0/s1. The summed E-state index contributed by atoms with van der Waals surface area (Å²) in [5, 5.41) is 6.84. The average molecular weight is 341 g/mol. The third-order valence-corrected chi connectivity index (χ3v) is 3.42. The molecule has 0 radical (unpaired) electrons. The molecule has 5 nitrogen and oxygen atoms in total. The van der Waals surface area contributed by atoms with Crippen molar-refractivity contribution >= 4 is 27.5 Å². The minimum absolute atomic E-state index is 0.0500. The van der Waals surface area contributed by atoms with Crippen LogP contribution >= 0.6 is 15.9 Å². The van der Waals surface area contributed by atoms with Crippen molar-refractivity contribution in [3.8, 4) is 0 Å². The molecule has 2 rings (SSSR count). The van der Waals surface area contributed by atoms with Crippen LogP contribution in [-0.2, 0) is 14.4 Å². The molecular weight excluding hydrogens is 324 g/mol. The largest absolute Gasteiger partial charge is 0.383 e. The summed E-state index contributed by atoms with van der Waals surface area (Å²) >= 11 is 3.41. The zero-order valence-electron chi connectivity index (χ0n) is 11.4. The van der Waals surface area contributed by atoms with Crippen LogP contribution in [-0.4, -0.2) is 37.5 Å². The first-order valence-electron chi connectivity index (χ1n) is 6.38. The summed E-state index contributed by atoms with van der Waals surface area (Å²) in [6, 6.07) is 7.72. The number of methoxy groups -OCH3 is 1. The van der Waals surface area contributed by atoms with E-state index in [2.05, 4.69) is 26.4 Å². The van der Waals surface area contributed by atoms with Crippen LogP contribution in [0.1, 0.15) is 18.9 Å². The predicted octanol–water partition coefficient (Wildman–Crippen LogP) is 2.09. The molecule has 1 N–H and O–H groups in total. The topological polar surface area (TPSA) is 59.9 Å². The molecule has 0 spiro atoms. The number of carbonyl (C=O) groups excluding carboxylic acids is 1. The van der Waals surface area contributed by atoms with Gasteiger partial charge in [-0.15, -0.1) is 0 Å². The Balaban J connectivity index is 1.93. The van der Waals surface area contributed by atoms with Gasteiger partial charge in [-0.1, -0.05) is 33.2 Å². The van der Waals surface area contributed by atoms with Crippen molar-refractivity contribution in [1.82, 2.24) is 5.32 Å². The fourth-order valence-electron chi connectivity index (χ4n) is 1.98. The fraction of sp³-hybridized carbons (Fsp3) is 0.429. The van der Waals surface area contributed by atoms with Gasteiger partial charge in [0.2, 0.25) is 6.10 Å². The Morgan fingerprint density at radius 3 is 3.15 bits per heavy atom. The van der Waals surface area contributed by atoms with Gasteiger partial charge in [0.25, 0.3) is 5.91 Å². The normalized spacial score (nSPS) is 19.1. The lowest BCUT2D eigenvalue weighted by Gasteiger charge is -2.15. The smallest absolute Gasteiger partial charge is 0.264 e. The summed E-state index contributed by atoms with van der Waals surface area (Å²) in [6.07, 6.45) is -0.0922. The number of rotatable bonds is 5. The lowest BCUT2D eigenvalue weighted by atomic mass is 10.0. The van der Waals surface area contributed by atoms with Crippen LogP contribution in [0.5, 0.6) is 0 Å². The molecule has 1 amide bonds. The molecule has 1 aromatic carbocycles. The molecular formula is C14H17BrN2O3. The van der Waals surface area contributed by atoms with Gasteiger partial charge < -0.3 is 14.9 Å². The highest BCUT2D eigenvalue weighted by Gasteiger charge is 2.29. The van der Waals surface area contributed by atoms with Gasteiger partial charge in [0, 0.05) is 29.6 Å². The molecule has 0 saturated heterocycles. The highest BCUT2D eigenvalue weighted by Crippen LogP contribution is 2.19. The second kappa shape index (κ2) is 6.85. The lowest BCUT2D eigenvalue weighted by molar-refractivity contribution is -0.132. The molecule has 1 aliphatic rings. The van der Waals surface area contributed by atoms with Crippen LogP contribution in [0.25, 0.3) is 0 Å². The number of hydrogen-bond acceptors (Lipinski definition) is 4. The highest BCUT2D eigenvalue weighted by atomic mass is 79.9. The van der Waals surface area contributed by atoms with Crippen LogP contribution < -0.4 is 5.32 Å². The summed E-state index contributed by atoms with van der Waals surface area (Å²) in [5.41, 5.74) is 1.74. The van der Waals surface area contributed by atoms with E-state index in [9.17, 15) is 4.79 Å². The summed E-state index contributed by atoms with van der Waals surface area (Å²) in [5.74, 6) is -0.164. The van der Waals surface area contributed by atoms with Gasteiger partial charge in [-0.3, -0.25) is 4.79 Å². The Bertz CT molecular complexity index is 519. The minimum Gasteiger partial charge on any atom is -0.383 e. The molecule has 1 aromatic rings. The SMILES string of the molecule is COC[C@H](C)NC(=O)[C@@H]1CC(c2cccc(Br)c2)=NO1. The number of hydrogen-bond donors (Lipinski definition) is 1. The number of benzene rings is 1.